The minimum Gasteiger partial charge on any atom is -0.341 e. The normalized spacial score (nSPS) is 24.3. The van der Waals surface area contributed by atoms with Crippen LogP contribution in [-0.2, 0) is 11.2 Å². The van der Waals surface area contributed by atoms with Crippen molar-refractivity contribution in [2.24, 2.45) is 0 Å². The van der Waals surface area contributed by atoms with Gasteiger partial charge in [-0.2, -0.15) is 0 Å². The van der Waals surface area contributed by atoms with Crippen molar-refractivity contribution in [1.29, 1.82) is 0 Å². The third-order valence-electron chi connectivity index (χ3n) is 4.42. The Kier molecular flexibility index (Phi) is 5.59. The molecule has 2 saturated heterocycles. The summed E-state index contributed by atoms with van der Waals surface area (Å²) in [4.78, 5) is 14.3. The molecule has 2 heterocycles. The van der Waals surface area contributed by atoms with E-state index < -0.39 is 0 Å². The zero-order valence-corrected chi connectivity index (χ0v) is 12.9. The Morgan fingerprint density at radius 2 is 1.90 bits per heavy atom. The molecule has 0 aromatic heterocycles. The van der Waals surface area contributed by atoms with E-state index in [0.717, 1.165) is 25.1 Å². The van der Waals surface area contributed by atoms with Crippen molar-refractivity contribution < 1.29 is 9.18 Å². The van der Waals surface area contributed by atoms with Gasteiger partial charge in [0.05, 0.1) is 0 Å². The molecule has 0 saturated carbocycles. The molecule has 0 aliphatic carbocycles. The van der Waals surface area contributed by atoms with Gasteiger partial charge in [0.25, 0.3) is 0 Å². The molecule has 2 unspecified atom stereocenters. The van der Waals surface area contributed by atoms with Crippen molar-refractivity contribution in [2.45, 2.75) is 44.2 Å². The summed E-state index contributed by atoms with van der Waals surface area (Å²) in [5, 5.41) is 3.58. The molecule has 2 atom stereocenters. The second-order valence-corrected chi connectivity index (χ2v) is 5.89. The predicted molar refractivity (Wildman–Crippen MR) is 83.1 cm³/mol. The van der Waals surface area contributed by atoms with E-state index in [1.165, 1.54) is 25.0 Å². The Morgan fingerprint density at radius 1 is 1.19 bits per heavy atom. The molecule has 1 aromatic rings. The molecule has 2 bridgehead atoms. The summed E-state index contributed by atoms with van der Waals surface area (Å²) in [6, 6.07) is 7.51. The van der Waals surface area contributed by atoms with Crippen LogP contribution in [0.15, 0.2) is 24.3 Å². The van der Waals surface area contributed by atoms with E-state index in [9.17, 15) is 9.18 Å². The first kappa shape index (κ1) is 16.2. The molecule has 1 amide bonds. The van der Waals surface area contributed by atoms with Crippen molar-refractivity contribution >= 4 is 18.3 Å². The number of benzene rings is 1. The van der Waals surface area contributed by atoms with Crippen molar-refractivity contribution in [1.82, 2.24) is 10.2 Å². The predicted octanol–water partition coefficient (Wildman–Crippen LogP) is 2.53. The lowest BCUT2D eigenvalue weighted by molar-refractivity contribution is -0.131. The third-order valence-corrected chi connectivity index (χ3v) is 4.42. The highest BCUT2D eigenvalue weighted by molar-refractivity contribution is 5.85. The molecule has 2 aliphatic heterocycles. The first-order valence-corrected chi connectivity index (χ1v) is 7.49. The van der Waals surface area contributed by atoms with E-state index >= 15 is 0 Å². The lowest BCUT2D eigenvalue weighted by atomic mass is 10.1. The number of amides is 1. The maximum absolute atomic E-state index is 12.8. The maximum Gasteiger partial charge on any atom is 0.222 e. The number of aryl methyl sites for hydroxylation is 1. The number of carbonyl (C=O) groups is 1. The average Bonchev–Trinajstić information content (AvgIpc) is 2.77. The molecule has 0 spiro atoms. The zero-order valence-electron chi connectivity index (χ0n) is 12.1. The number of rotatable bonds is 3. The van der Waals surface area contributed by atoms with Gasteiger partial charge in [-0.15, -0.1) is 12.4 Å². The number of nitrogens with one attached hydrogen (secondary N) is 1. The third kappa shape index (κ3) is 4.17. The van der Waals surface area contributed by atoms with Gasteiger partial charge < -0.3 is 10.2 Å². The van der Waals surface area contributed by atoms with Crippen LogP contribution in [0, 0.1) is 5.82 Å². The van der Waals surface area contributed by atoms with Crippen LogP contribution in [0.2, 0.25) is 0 Å². The molecule has 116 valence electrons. The lowest BCUT2D eigenvalue weighted by Gasteiger charge is -2.24. The Labute approximate surface area is 131 Å². The van der Waals surface area contributed by atoms with E-state index in [4.69, 9.17) is 0 Å². The summed E-state index contributed by atoms with van der Waals surface area (Å²) < 4.78 is 12.8. The number of halogens is 2. The van der Waals surface area contributed by atoms with Crippen LogP contribution < -0.4 is 5.32 Å². The van der Waals surface area contributed by atoms with Crippen molar-refractivity contribution in [3.8, 4) is 0 Å². The summed E-state index contributed by atoms with van der Waals surface area (Å²) in [7, 11) is 0. The summed E-state index contributed by atoms with van der Waals surface area (Å²) in [6.45, 7) is 1.72. The summed E-state index contributed by atoms with van der Waals surface area (Å²) in [5.74, 6) is -0.00151. The second kappa shape index (κ2) is 7.23. The van der Waals surface area contributed by atoms with Crippen LogP contribution in [0.3, 0.4) is 0 Å². The highest BCUT2D eigenvalue weighted by Gasteiger charge is 2.30. The largest absolute Gasteiger partial charge is 0.341 e. The molecule has 3 rings (SSSR count). The van der Waals surface area contributed by atoms with E-state index in [2.05, 4.69) is 5.32 Å². The van der Waals surface area contributed by atoms with Crippen LogP contribution in [0.4, 0.5) is 4.39 Å². The molecule has 0 radical (unpaired) electrons. The molecule has 3 nitrogen and oxygen atoms in total. The van der Waals surface area contributed by atoms with Crippen LogP contribution in [-0.4, -0.2) is 36.0 Å². The summed E-state index contributed by atoms with van der Waals surface area (Å²) in [6.07, 6.45) is 4.72. The topological polar surface area (TPSA) is 32.3 Å². The highest BCUT2D eigenvalue weighted by atomic mass is 35.5. The SMILES string of the molecule is Cl.O=C(CCc1ccc(F)cc1)N1CCC2CCC(C1)N2. The molecule has 1 aromatic carbocycles. The number of carbonyl (C=O) groups excluding carboxylic acids is 1. The quantitative estimate of drug-likeness (QED) is 0.930. The lowest BCUT2D eigenvalue weighted by Crippen LogP contribution is -2.39. The number of hydrogen-bond donors (Lipinski definition) is 1. The Bertz CT molecular complexity index is 480. The second-order valence-electron chi connectivity index (χ2n) is 5.89. The molecule has 2 aliphatic rings. The molecule has 1 N–H and O–H groups in total. The molecular formula is C16H22ClFN2O. The molecular weight excluding hydrogens is 291 g/mol. The van der Waals surface area contributed by atoms with E-state index in [-0.39, 0.29) is 24.1 Å². The fourth-order valence-corrected chi connectivity index (χ4v) is 3.23. The van der Waals surface area contributed by atoms with Crippen LogP contribution in [0.1, 0.15) is 31.2 Å². The van der Waals surface area contributed by atoms with E-state index in [1.54, 1.807) is 12.1 Å². The van der Waals surface area contributed by atoms with Gasteiger partial charge in [0, 0.05) is 31.6 Å². The van der Waals surface area contributed by atoms with Crippen LogP contribution in [0.25, 0.3) is 0 Å². The number of fused-ring (bicyclic) bond motifs is 2. The minimum atomic E-state index is -0.227. The van der Waals surface area contributed by atoms with Gasteiger partial charge >= 0.3 is 0 Å². The van der Waals surface area contributed by atoms with Gasteiger partial charge in [-0.3, -0.25) is 4.79 Å². The van der Waals surface area contributed by atoms with Gasteiger partial charge in [0.1, 0.15) is 5.82 Å². The number of hydrogen-bond acceptors (Lipinski definition) is 2. The van der Waals surface area contributed by atoms with Gasteiger partial charge in [-0.1, -0.05) is 12.1 Å². The smallest absolute Gasteiger partial charge is 0.222 e. The first-order chi connectivity index (χ1) is 9.70. The fourth-order valence-electron chi connectivity index (χ4n) is 3.23. The van der Waals surface area contributed by atoms with Gasteiger partial charge in [0.15, 0.2) is 0 Å². The average molecular weight is 313 g/mol. The van der Waals surface area contributed by atoms with Gasteiger partial charge in [0.2, 0.25) is 5.91 Å². The van der Waals surface area contributed by atoms with E-state index in [1.807, 2.05) is 4.90 Å². The Balaban J connectivity index is 0.00000161. The standard InChI is InChI=1S/C16H21FN2O.ClH/c17-13-4-1-12(2-5-13)3-8-16(20)19-10-9-14-6-7-15(11-19)18-14;/h1-2,4-5,14-15,18H,3,6-11H2;1H. The summed E-state index contributed by atoms with van der Waals surface area (Å²) in [5.41, 5.74) is 1.02. The molecule has 21 heavy (non-hydrogen) atoms. The Morgan fingerprint density at radius 3 is 2.67 bits per heavy atom. The first-order valence-electron chi connectivity index (χ1n) is 7.49. The molecule has 2 fully saturated rings. The monoisotopic (exact) mass is 312 g/mol. The number of nitrogens with zero attached hydrogens (tertiary/aromatic N) is 1. The van der Waals surface area contributed by atoms with Crippen LogP contribution in [0.5, 0.6) is 0 Å². The number of likely N-dealkylation sites (tertiary alicyclic amines) is 1. The summed E-state index contributed by atoms with van der Waals surface area (Å²) >= 11 is 0. The van der Waals surface area contributed by atoms with Crippen molar-refractivity contribution in [3.63, 3.8) is 0 Å². The maximum atomic E-state index is 12.8. The van der Waals surface area contributed by atoms with Gasteiger partial charge in [-0.05, 0) is 43.4 Å². The van der Waals surface area contributed by atoms with Crippen molar-refractivity contribution in [3.05, 3.63) is 35.6 Å². The minimum absolute atomic E-state index is 0. The van der Waals surface area contributed by atoms with Crippen LogP contribution >= 0.6 is 12.4 Å². The van der Waals surface area contributed by atoms with Gasteiger partial charge in [-0.25, -0.2) is 4.39 Å². The fraction of sp³-hybridized carbons (Fsp3) is 0.562. The zero-order chi connectivity index (χ0) is 13.9. The van der Waals surface area contributed by atoms with E-state index in [0.29, 0.717) is 24.9 Å². The molecule has 5 heteroatoms. The highest BCUT2D eigenvalue weighted by Crippen LogP contribution is 2.21. The van der Waals surface area contributed by atoms with Crippen molar-refractivity contribution in [2.75, 3.05) is 13.1 Å². The Hall–Kier alpha value is -1.13.